The van der Waals surface area contributed by atoms with Crippen LogP contribution >= 0.6 is 11.3 Å². The second-order valence-corrected chi connectivity index (χ2v) is 7.13. The fraction of sp³-hybridized carbons (Fsp3) is 0.588. The van der Waals surface area contributed by atoms with Gasteiger partial charge in [0.1, 0.15) is 0 Å². The summed E-state index contributed by atoms with van der Waals surface area (Å²) in [4.78, 5) is 2.61. The van der Waals surface area contributed by atoms with Crippen LogP contribution in [0.5, 0.6) is 0 Å². The first-order valence-electron chi connectivity index (χ1n) is 8.20. The number of nitrogens with zero attached hydrogens (tertiary/aromatic N) is 3. The molecule has 1 saturated heterocycles. The van der Waals surface area contributed by atoms with Crippen molar-refractivity contribution in [3.63, 3.8) is 0 Å². The highest BCUT2D eigenvalue weighted by molar-refractivity contribution is 7.07. The van der Waals surface area contributed by atoms with Gasteiger partial charge in [-0.25, -0.2) is 0 Å². The highest BCUT2D eigenvalue weighted by Crippen LogP contribution is 2.35. The first kappa shape index (κ1) is 14.4. The second kappa shape index (κ2) is 6.14. The van der Waals surface area contributed by atoms with Crippen molar-refractivity contribution in [1.82, 2.24) is 14.7 Å². The molecule has 22 heavy (non-hydrogen) atoms. The Labute approximate surface area is 135 Å². The summed E-state index contributed by atoms with van der Waals surface area (Å²) in [5.41, 5.74) is 5.43. The third kappa shape index (κ3) is 2.62. The maximum atomic E-state index is 5.71. The molecule has 0 aromatic carbocycles. The van der Waals surface area contributed by atoms with Crippen LogP contribution < -0.4 is 0 Å². The van der Waals surface area contributed by atoms with Crippen molar-refractivity contribution in [2.24, 2.45) is 7.05 Å². The standard InChI is InChI=1S/C17H23N3OS/c1-19-15-5-8-21-11-14(15)17(18-19)16-4-2-3-7-20(16)10-13-6-9-22-12-13/h6,9,12,16H,2-5,7-8,10-11H2,1H3. The van der Waals surface area contributed by atoms with E-state index >= 15 is 0 Å². The molecule has 0 radical (unpaired) electrons. The summed E-state index contributed by atoms with van der Waals surface area (Å²) in [6, 6.07) is 2.69. The van der Waals surface area contributed by atoms with Crippen LogP contribution in [0.15, 0.2) is 16.8 Å². The maximum Gasteiger partial charge on any atom is 0.0854 e. The number of fused-ring (bicyclic) bond motifs is 1. The molecule has 4 nitrogen and oxygen atoms in total. The Morgan fingerprint density at radius 3 is 3.23 bits per heavy atom. The second-order valence-electron chi connectivity index (χ2n) is 6.35. The fourth-order valence-corrected chi connectivity index (χ4v) is 4.47. The molecule has 0 N–H and O–H groups in total. The lowest BCUT2D eigenvalue weighted by Crippen LogP contribution is -2.33. The predicted molar refractivity (Wildman–Crippen MR) is 87.9 cm³/mol. The smallest absolute Gasteiger partial charge is 0.0854 e. The van der Waals surface area contributed by atoms with E-state index in [9.17, 15) is 0 Å². The SMILES string of the molecule is Cn1nc(C2CCCCN2Cc2ccsc2)c2c1CCOC2. The van der Waals surface area contributed by atoms with Crippen LogP contribution in [0.1, 0.15) is 47.8 Å². The zero-order chi connectivity index (χ0) is 14.9. The molecule has 2 aliphatic heterocycles. The minimum atomic E-state index is 0.449. The monoisotopic (exact) mass is 317 g/mol. The number of piperidine rings is 1. The molecule has 4 heterocycles. The van der Waals surface area contributed by atoms with Gasteiger partial charge in [0.2, 0.25) is 0 Å². The van der Waals surface area contributed by atoms with Crippen molar-refractivity contribution >= 4 is 11.3 Å². The summed E-state index contributed by atoms with van der Waals surface area (Å²) in [5.74, 6) is 0. The minimum Gasteiger partial charge on any atom is -0.376 e. The summed E-state index contributed by atoms with van der Waals surface area (Å²) in [7, 11) is 2.08. The van der Waals surface area contributed by atoms with Crippen molar-refractivity contribution in [3.05, 3.63) is 39.3 Å². The highest BCUT2D eigenvalue weighted by Gasteiger charge is 2.31. The highest BCUT2D eigenvalue weighted by atomic mass is 32.1. The van der Waals surface area contributed by atoms with Crippen LogP contribution in [0.3, 0.4) is 0 Å². The number of likely N-dealkylation sites (tertiary alicyclic amines) is 1. The van der Waals surface area contributed by atoms with Crippen molar-refractivity contribution < 1.29 is 4.74 Å². The van der Waals surface area contributed by atoms with Gasteiger partial charge in [0.25, 0.3) is 0 Å². The molecule has 1 fully saturated rings. The van der Waals surface area contributed by atoms with E-state index in [1.807, 2.05) is 0 Å². The lowest BCUT2D eigenvalue weighted by Gasteiger charge is -2.35. The lowest BCUT2D eigenvalue weighted by molar-refractivity contribution is 0.102. The Kier molecular flexibility index (Phi) is 4.03. The Morgan fingerprint density at radius 1 is 1.41 bits per heavy atom. The average Bonchev–Trinajstić information content (AvgIpc) is 3.17. The summed E-state index contributed by atoms with van der Waals surface area (Å²) in [6.07, 6.45) is 4.81. The Morgan fingerprint density at radius 2 is 2.36 bits per heavy atom. The number of hydrogen-bond donors (Lipinski definition) is 0. The third-order valence-electron chi connectivity index (χ3n) is 4.93. The molecule has 0 aliphatic carbocycles. The minimum absolute atomic E-state index is 0.449. The fourth-order valence-electron chi connectivity index (χ4n) is 3.81. The Hall–Kier alpha value is -1.17. The van der Waals surface area contributed by atoms with Gasteiger partial charge in [-0.1, -0.05) is 6.42 Å². The lowest BCUT2D eigenvalue weighted by atomic mass is 9.95. The zero-order valence-electron chi connectivity index (χ0n) is 13.1. The number of aromatic nitrogens is 2. The van der Waals surface area contributed by atoms with E-state index < -0.39 is 0 Å². The van der Waals surface area contributed by atoms with E-state index in [2.05, 4.69) is 33.5 Å². The van der Waals surface area contributed by atoms with Crippen molar-refractivity contribution in [2.75, 3.05) is 13.2 Å². The first-order valence-corrected chi connectivity index (χ1v) is 9.14. The van der Waals surface area contributed by atoms with Crippen LogP contribution in [0.25, 0.3) is 0 Å². The van der Waals surface area contributed by atoms with E-state index in [-0.39, 0.29) is 0 Å². The van der Waals surface area contributed by atoms with Crippen molar-refractivity contribution in [3.8, 4) is 0 Å². The molecule has 0 amide bonds. The van der Waals surface area contributed by atoms with E-state index in [1.165, 1.54) is 48.3 Å². The van der Waals surface area contributed by atoms with Gasteiger partial charge in [-0.2, -0.15) is 16.4 Å². The average molecular weight is 317 g/mol. The van der Waals surface area contributed by atoms with Crippen molar-refractivity contribution in [1.29, 1.82) is 0 Å². The third-order valence-corrected chi connectivity index (χ3v) is 5.66. The van der Waals surface area contributed by atoms with E-state index in [1.54, 1.807) is 11.3 Å². The normalized spacial score (nSPS) is 22.7. The summed E-state index contributed by atoms with van der Waals surface area (Å²) in [5, 5.41) is 9.33. The number of ether oxygens (including phenoxy) is 1. The molecular weight excluding hydrogens is 294 g/mol. The number of aryl methyl sites for hydroxylation is 1. The predicted octanol–water partition coefficient (Wildman–Crippen LogP) is 3.28. The van der Waals surface area contributed by atoms with Gasteiger partial charge in [0.05, 0.1) is 24.9 Å². The topological polar surface area (TPSA) is 30.3 Å². The van der Waals surface area contributed by atoms with Crippen LogP contribution in [-0.2, 0) is 31.4 Å². The van der Waals surface area contributed by atoms with Gasteiger partial charge in [0, 0.05) is 31.3 Å². The van der Waals surface area contributed by atoms with Crippen LogP contribution in [-0.4, -0.2) is 27.8 Å². The number of hydrogen-bond acceptors (Lipinski definition) is 4. The molecule has 5 heteroatoms. The van der Waals surface area contributed by atoms with Gasteiger partial charge in [-0.3, -0.25) is 9.58 Å². The molecule has 2 aliphatic rings. The van der Waals surface area contributed by atoms with Gasteiger partial charge in [-0.15, -0.1) is 0 Å². The first-order chi connectivity index (χ1) is 10.8. The molecular formula is C17H23N3OS. The number of rotatable bonds is 3. The largest absolute Gasteiger partial charge is 0.376 e. The van der Waals surface area contributed by atoms with E-state index in [0.29, 0.717) is 6.04 Å². The van der Waals surface area contributed by atoms with E-state index in [4.69, 9.17) is 9.84 Å². The van der Waals surface area contributed by atoms with Crippen LogP contribution in [0.2, 0.25) is 0 Å². The summed E-state index contributed by atoms with van der Waals surface area (Å²) < 4.78 is 7.80. The molecule has 4 rings (SSSR count). The van der Waals surface area contributed by atoms with Gasteiger partial charge >= 0.3 is 0 Å². The molecule has 0 bridgehead atoms. The molecule has 118 valence electrons. The molecule has 1 unspecified atom stereocenters. The summed E-state index contributed by atoms with van der Waals surface area (Å²) >= 11 is 1.79. The van der Waals surface area contributed by atoms with Crippen molar-refractivity contribution in [2.45, 2.75) is 44.9 Å². The van der Waals surface area contributed by atoms with Gasteiger partial charge in [0.15, 0.2) is 0 Å². The molecule has 2 aromatic rings. The molecule has 1 atom stereocenters. The molecule has 2 aromatic heterocycles. The van der Waals surface area contributed by atoms with Crippen LogP contribution in [0, 0.1) is 0 Å². The van der Waals surface area contributed by atoms with E-state index in [0.717, 1.165) is 26.2 Å². The number of thiophene rings is 1. The molecule has 0 spiro atoms. The quantitative estimate of drug-likeness (QED) is 0.870. The zero-order valence-corrected chi connectivity index (χ0v) is 13.9. The summed E-state index contributed by atoms with van der Waals surface area (Å²) in [6.45, 7) is 3.78. The Bertz CT molecular complexity index is 635. The maximum absolute atomic E-state index is 5.71. The Balaban J connectivity index is 1.64. The molecule has 0 saturated carbocycles. The van der Waals surface area contributed by atoms with Gasteiger partial charge in [-0.05, 0) is 41.8 Å². The van der Waals surface area contributed by atoms with Gasteiger partial charge < -0.3 is 4.74 Å². The van der Waals surface area contributed by atoms with Crippen LogP contribution in [0.4, 0.5) is 0 Å².